The van der Waals surface area contributed by atoms with Gasteiger partial charge in [-0.25, -0.2) is 18.0 Å². The Kier molecular flexibility index (Phi) is 6.16. The van der Waals surface area contributed by atoms with E-state index in [1.165, 1.54) is 0 Å². The van der Waals surface area contributed by atoms with E-state index in [1.54, 1.807) is 0 Å². The smallest absolute Gasteiger partial charge is 0.407 e. The van der Waals surface area contributed by atoms with Gasteiger partial charge in [0.2, 0.25) is 0 Å². The molecule has 1 aliphatic rings. The molecule has 0 saturated carbocycles. The summed E-state index contributed by atoms with van der Waals surface area (Å²) >= 11 is 0. The third-order valence-electron chi connectivity index (χ3n) is 5.50. The third kappa shape index (κ3) is 4.19. The van der Waals surface area contributed by atoms with E-state index >= 15 is 0 Å². The monoisotopic (exact) mass is 443 g/mol. The van der Waals surface area contributed by atoms with Gasteiger partial charge in [0, 0.05) is 24.1 Å². The van der Waals surface area contributed by atoms with Gasteiger partial charge in [-0.1, -0.05) is 48.5 Å². The lowest BCUT2D eigenvalue weighted by Crippen LogP contribution is -2.36. The fourth-order valence-electron chi connectivity index (χ4n) is 3.95. The molecule has 3 aromatic carbocycles. The number of carbonyl (C=O) groups is 1. The van der Waals surface area contributed by atoms with Crippen LogP contribution in [0.4, 0.5) is 18.0 Å². The van der Waals surface area contributed by atoms with Crippen LogP contribution in [0.2, 0.25) is 0 Å². The first-order valence-corrected chi connectivity index (χ1v) is 9.96. The van der Waals surface area contributed by atoms with Crippen LogP contribution in [-0.4, -0.2) is 35.6 Å². The van der Waals surface area contributed by atoms with Crippen molar-refractivity contribution in [3.63, 3.8) is 0 Å². The fourth-order valence-corrected chi connectivity index (χ4v) is 3.95. The summed E-state index contributed by atoms with van der Waals surface area (Å²) in [5.74, 6) is -4.22. The standard InChI is InChI=1S/C24H20F3NO4/c25-13-9-18(22(27)20(26)10-13)23(30)21(29)11-28-24(31)32-12-19-16-7-3-1-5-14(16)15-6-2-4-8-17(15)19/h1-10,19,21,23,29-30H,11-12H2,(H,28,31). The van der Waals surface area contributed by atoms with Crippen molar-refractivity contribution in [2.24, 2.45) is 0 Å². The number of alkyl carbamates (subject to hydrolysis) is 1. The summed E-state index contributed by atoms with van der Waals surface area (Å²) in [5.41, 5.74) is 3.45. The Hall–Kier alpha value is -3.36. The highest BCUT2D eigenvalue weighted by atomic mass is 19.2. The zero-order valence-corrected chi connectivity index (χ0v) is 16.8. The lowest BCUT2D eigenvalue weighted by Gasteiger charge is -2.20. The first-order valence-electron chi connectivity index (χ1n) is 9.96. The maximum absolute atomic E-state index is 13.8. The Morgan fingerprint density at radius 3 is 2.19 bits per heavy atom. The molecule has 4 rings (SSSR count). The summed E-state index contributed by atoms with van der Waals surface area (Å²) in [6.07, 6.45) is -4.52. The predicted octanol–water partition coefficient (Wildman–Crippen LogP) is 4.04. The lowest BCUT2D eigenvalue weighted by atomic mass is 9.98. The minimum Gasteiger partial charge on any atom is -0.449 e. The Bertz CT molecular complexity index is 1110. The van der Waals surface area contributed by atoms with Crippen molar-refractivity contribution in [1.82, 2.24) is 5.32 Å². The van der Waals surface area contributed by atoms with Gasteiger partial charge in [-0.3, -0.25) is 0 Å². The van der Waals surface area contributed by atoms with Crippen LogP contribution in [0.3, 0.4) is 0 Å². The van der Waals surface area contributed by atoms with Gasteiger partial charge < -0.3 is 20.3 Å². The number of aliphatic hydroxyl groups is 2. The molecule has 32 heavy (non-hydrogen) atoms. The maximum atomic E-state index is 13.8. The molecule has 2 atom stereocenters. The summed E-state index contributed by atoms with van der Waals surface area (Å²) < 4.78 is 45.8. The van der Waals surface area contributed by atoms with Crippen molar-refractivity contribution >= 4 is 6.09 Å². The van der Waals surface area contributed by atoms with E-state index in [0.29, 0.717) is 12.1 Å². The molecule has 0 aromatic heterocycles. The van der Waals surface area contributed by atoms with Gasteiger partial charge >= 0.3 is 6.09 Å². The number of carbonyl (C=O) groups excluding carboxylic acids is 1. The van der Waals surface area contributed by atoms with Gasteiger partial charge in [0.05, 0.1) is 0 Å². The van der Waals surface area contributed by atoms with E-state index in [0.717, 1.165) is 22.3 Å². The highest BCUT2D eigenvalue weighted by molar-refractivity contribution is 5.79. The van der Waals surface area contributed by atoms with Crippen molar-refractivity contribution in [2.75, 3.05) is 13.2 Å². The van der Waals surface area contributed by atoms with Crippen LogP contribution in [0.1, 0.15) is 28.7 Å². The van der Waals surface area contributed by atoms with Crippen molar-refractivity contribution in [3.05, 3.63) is 94.8 Å². The molecule has 8 heteroatoms. The third-order valence-corrected chi connectivity index (χ3v) is 5.50. The maximum Gasteiger partial charge on any atom is 0.407 e. The van der Waals surface area contributed by atoms with E-state index in [4.69, 9.17) is 4.74 Å². The molecule has 0 aliphatic heterocycles. The van der Waals surface area contributed by atoms with Gasteiger partial charge in [-0.15, -0.1) is 0 Å². The number of benzene rings is 3. The Labute approximate surface area is 182 Å². The molecular weight excluding hydrogens is 423 g/mol. The molecule has 3 aromatic rings. The van der Waals surface area contributed by atoms with E-state index in [1.807, 2.05) is 48.5 Å². The second-order valence-electron chi connectivity index (χ2n) is 7.51. The number of hydrogen-bond donors (Lipinski definition) is 3. The van der Waals surface area contributed by atoms with Gasteiger partial charge in [-0.2, -0.15) is 0 Å². The molecule has 1 amide bonds. The molecular formula is C24H20F3NO4. The topological polar surface area (TPSA) is 78.8 Å². The summed E-state index contributed by atoms with van der Waals surface area (Å²) in [6.45, 7) is -0.475. The first-order chi connectivity index (χ1) is 15.4. The number of fused-ring (bicyclic) bond motifs is 3. The van der Waals surface area contributed by atoms with Crippen LogP contribution in [-0.2, 0) is 4.74 Å². The number of aliphatic hydroxyl groups excluding tert-OH is 2. The summed E-state index contributed by atoms with van der Waals surface area (Å²) in [4.78, 5) is 12.1. The second kappa shape index (κ2) is 9.02. The average molecular weight is 443 g/mol. The zero-order valence-electron chi connectivity index (χ0n) is 16.8. The Morgan fingerprint density at radius 2 is 1.56 bits per heavy atom. The number of halogens is 3. The Morgan fingerprint density at radius 1 is 0.969 bits per heavy atom. The molecule has 3 N–H and O–H groups in total. The molecule has 0 bridgehead atoms. The summed E-state index contributed by atoms with van der Waals surface area (Å²) in [5, 5.41) is 22.3. The van der Waals surface area contributed by atoms with Gasteiger partial charge in [-0.05, 0) is 28.3 Å². The number of rotatable bonds is 6. The quantitative estimate of drug-likeness (QED) is 0.503. The normalized spacial score (nSPS) is 14.4. The number of amides is 1. The van der Waals surface area contributed by atoms with E-state index in [2.05, 4.69) is 5.32 Å². The number of ether oxygens (including phenoxy) is 1. The van der Waals surface area contributed by atoms with Crippen LogP contribution in [0.25, 0.3) is 11.1 Å². The highest BCUT2D eigenvalue weighted by Gasteiger charge is 2.29. The minimum atomic E-state index is -1.95. The molecule has 0 fully saturated rings. The van der Waals surface area contributed by atoms with Crippen molar-refractivity contribution < 1.29 is 32.9 Å². The molecule has 5 nitrogen and oxygen atoms in total. The van der Waals surface area contributed by atoms with Crippen molar-refractivity contribution in [3.8, 4) is 11.1 Å². The van der Waals surface area contributed by atoms with E-state index in [9.17, 15) is 28.2 Å². The lowest BCUT2D eigenvalue weighted by molar-refractivity contribution is 0.0160. The molecule has 1 aliphatic carbocycles. The second-order valence-corrected chi connectivity index (χ2v) is 7.51. The molecule has 0 radical (unpaired) electrons. The van der Waals surface area contributed by atoms with Crippen LogP contribution in [0.5, 0.6) is 0 Å². The molecule has 2 unspecified atom stereocenters. The number of hydrogen-bond acceptors (Lipinski definition) is 4. The van der Waals surface area contributed by atoms with Gasteiger partial charge in [0.25, 0.3) is 0 Å². The van der Waals surface area contributed by atoms with Crippen molar-refractivity contribution in [2.45, 2.75) is 18.1 Å². The van der Waals surface area contributed by atoms with Gasteiger partial charge in [0.15, 0.2) is 11.6 Å². The molecule has 0 spiro atoms. The van der Waals surface area contributed by atoms with Crippen LogP contribution < -0.4 is 5.32 Å². The minimum absolute atomic E-state index is 0.0439. The van der Waals surface area contributed by atoms with Crippen molar-refractivity contribution in [1.29, 1.82) is 0 Å². The van der Waals surface area contributed by atoms with Gasteiger partial charge in [0.1, 0.15) is 24.6 Å². The van der Waals surface area contributed by atoms with E-state index in [-0.39, 0.29) is 12.5 Å². The fraction of sp³-hybridized carbons (Fsp3) is 0.208. The SMILES string of the molecule is O=C(NCC(O)C(O)c1cc(F)cc(F)c1F)OCC1c2ccccc2-c2ccccc21. The van der Waals surface area contributed by atoms with Crippen LogP contribution in [0.15, 0.2) is 60.7 Å². The van der Waals surface area contributed by atoms with Crippen LogP contribution in [0, 0.1) is 17.5 Å². The molecule has 0 heterocycles. The molecule has 0 saturated heterocycles. The van der Waals surface area contributed by atoms with Crippen LogP contribution >= 0.6 is 0 Å². The summed E-state index contributed by atoms with van der Waals surface area (Å²) in [6, 6.07) is 16.5. The first kappa shape index (κ1) is 21.9. The average Bonchev–Trinajstić information content (AvgIpc) is 3.11. The summed E-state index contributed by atoms with van der Waals surface area (Å²) in [7, 11) is 0. The Balaban J connectivity index is 1.36. The van der Waals surface area contributed by atoms with E-state index < -0.39 is 47.9 Å². The number of nitrogens with one attached hydrogen (secondary N) is 1. The predicted molar refractivity (Wildman–Crippen MR) is 110 cm³/mol. The molecule has 166 valence electrons. The zero-order chi connectivity index (χ0) is 22.8. The largest absolute Gasteiger partial charge is 0.449 e. The highest BCUT2D eigenvalue weighted by Crippen LogP contribution is 2.44.